The van der Waals surface area contributed by atoms with Crippen LogP contribution in [0.2, 0.25) is 0 Å². The molecule has 25 heteroatoms. The zero-order chi connectivity index (χ0) is 85.4. The van der Waals surface area contributed by atoms with Crippen molar-refractivity contribution in [2.45, 2.75) is 278 Å². The minimum Gasteiger partial charge on any atom is -0.380 e. The number of rotatable bonds is 2. The van der Waals surface area contributed by atoms with Crippen molar-refractivity contribution in [1.29, 1.82) is 0 Å². The third-order valence-corrected chi connectivity index (χ3v) is 28.6. The van der Waals surface area contributed by atoms with Gasteiger partial charge in [0.05, 0.1) is 50.3 Å². The van der Waals surface area contributed by atoms with E-state index < -0.39 is 29.9 Å². The Morgan fingerprint density at radius 1 is 0.382 bits per heavy atom. The molecule has 2 atom stereocenters. The second-order valence-electron chi connectivity index (χ2n) is 44.5. The van der Waals surface area contributed by atoms with E-state index in [2.05, 4.69) is 307 Å². The van der Waals surface area contributed by atoms with Gasteiger partial charge in [0.25, 0.3) is 0 Å². The highest BCUT2D eigenvalue weighted by Gasteiger charge is 2.52. The van der Waals surface area contributed by atoms with Crippen LogP contribution in [0, 0.1) is 46.0 Å². The predicted octanol–water partition coefficient (Wildman–Crippen LogP) is 10.7. The first-order valence-electron chi connectivity index (χ1n) is 42.1. The second kappa shape index (κ2) is 42.1. The Balaban J connectivity index is 0.000000416. The molecule has 0 aliphatic carbocycles. The van der Waals surface area contributed by atoms with E-state index in [4.69, 9.17) is 11.3 Å². The normalized spacial score (nSPS) is 25.2. The molecule has 11 rings (SSSR count). The number of hydrogen-bond acceptors (Lipinski definition) is 19. The summed E-state index contributed by atoms with van der Waals surface area (Å²) in [6.07, 6.45) is 2.55. The van der Waals surface area contributed by atoms with Gasteiger partial charge < -0.3 is 30.0 Å². The monoisotopic (exact) mass is 1620 g/mol. The maximum atomic E-state index is 11.3. The molecule has 1 spiro atoms. The molecule has 0 aromatic carbocycles. The Labute approximate surface area is 681 Å². The van der Waals surface area contributed by atoms with Gasteiger partial charge in [-0.15, -0.1) is 0 Å². The fourth-order valence-electron chi connectivity index (χ4n) is 14.1. The number of sulfone groups is 1. The first kappa shape index (κ1) is 105. The van der Waals surface area contributed by atoms with Crippen molar-refractivity contribution in [2.75, 3.05) is 229 Å². The first-order chi connectivity index (χ1) is 49.3. The number of sulfonamides is 2. The summed E-state index contributed by atoms with van der Waals surface area (Å²) in [5.74, 6) is 3.02. The number of likely N-dealkylation sites (tertiary alicyclic amines) is 3. The van der Waals surface area contributed by atoms with E-state index in [1.807, 2.05) is 0 Å². The lowest BCUT2D eigenvalue weighted by molar-refractivity contribution is -0.207. The molecule has 110 heavy (non-hydrogen) atoms. The van der Waals surface area contributed by atoms with E-state index in [0.29, 0.717) is 107 Å². The lowest BCUT2D eigenvalue weighted by Gasteiger charge is -2.59. The van der Waals surface area contributed by atoms with Crippen molar-refractivity contribution in [1.82, 2.24) is 68.2 Å². The molecule has 11 aliphatic heterocycles. The second-order valence-corrected chi connectivity index (χ2v) is 50.7. The van der Waals surface area contributed by atoms with Crippen LogP contribution < -0.4 is 10.6 Å². The van der Waals surface area contributed by atoms with Gasteiger partial charge in [-0.1, -0.05) is 62.3 Å². The van der Waals surface area contributed by atoms with Crippen molar-refractivity contribution in [2.24, 2.45) is 39.4 Å². The van der Waals surface area contributed by atoms with Crippen molar-refractivity contribution in [3.05, 3.63) is 11.4 Å². The molecule has 11 saturated heterocycles. The lowest BCUT2D eigenvalue weighted by atomic mass is 9.75. The number of likely N-dealkylation sites (N-methyl/N-ethyl adjacent to an activating group) is 2. The quantitative estimate of drug-likeness (QED) is 0.249. The highest BCUT2D eigenvalue weighted by atomic mass is 32.2. The van der Waals surface area contributed by atoms with E-state index in [1.54, 1.807) is 4.31 Å². The van der Waals surface area contributed by atoms with E-state index in [1.165, 1.54) is 108 Å². The van der Waals surface area contributed by atoms with E-state index in [9.17, 15) is 25.3 Å². The molecule has 654 valence electrons. The Morgan fingerprint density at radius 3 is 0.955 bits per heavy atom. The molecule has 0 amide bonds. The number of hydrogen-bond donors (Lipinski definition) is 2. The Kier molecular flexibility index (Phi) is 40.1. The molecular formula is C85H179N15O7S3. The topological polar surface area (TPSA) is 179 Å². The Bertz CT molecular complexity index is 2970. The van der Waals surface area contributed by atoms with Crippen molar-refractivity contribution in [3.63, 3.8) is 0 Å². The molecule has 0 aromatic heterocycles. The number of ether oxygens (including phenoxy) is 1. The van der Waals surface area contributed by atoms with Crippen LogP contribution in [0.1, 0.15) is 222 Å². The van der Waals surface area contributed by atoms with E-state index >= 15 is 0 Å². The van der Waals surface area contributed by atoms with Gasteiger partial charge in [-0.25, -0.2) is 36.1 Å². The minimum atomic E-state index is -2.99. The van der Waals surface area contributed by atoms with Crippen molar-refractivity contribution >= 4 is 29.9 Å². The van der Waals surface area contributed by atoms with Gasteiger partial charge in [-0.05, 0) is 227 Å². The fourth-order valence-corrected chi connectivity index (χ4v) is 17.1. The summed E-state index contributed by atoms with van der Waals surface area (Å²) in [6, 6.07) is 1.64. The SMILES string of the molecule is CC(C)(C)C1CN(S(C)(=O)=O)C1.CC(C)(C)C1CNC1.CC(C)(C)N1CC2(COC2)C1.CC(C)(C)N1CCN(S(C)(=O)=O)CC1.CC(C)(C)N1CCNCC1.CC(C)(C)N1CCS(=O)(=O)CC1.CN1CC(C(C)(C)C)C1.CN1CCN(C(C)(C)C)CC1.C[C@@H]1CN(C(C)(C)C)C[C@H](C)N1C.[C-]#[N+]C1CN(C(C)(C)C)C1. The largest absolute Gasteiger partial charge is 0.380 e. The lowest BCUT2D eigenvalue weighted by Crippen LogP contribution is -2.69. The van der Waals surface area contributed by atoms with Gasteiger partial charge in [-0.3, -0.25) is 39.2 Å². The average Bonchev–Trinajstić information content (AvgIpc) is 0.745. The summed E-state index contributed by atoms with van der Waals surface area (Å²) >= 11 is 0. The Morgan fingerprint density at radius 2 is 0.700 bits per heavy atom. The summed E-state index contributed by atoms with van der Waals surface area (Å²) in [5.41, 5.74) is 3.81. The van der Waals surface area contributed by atoms with Crippen LogP contribution in [0.25, 0.3) is 4.85 Å². The van der Waals surface area contributed by atoms with E-state index in [0.717, 1.165) is 64.3 Å². The van der Waals surface area contributed by atoms with Crippen LogP contribution in [-0.4, -0.2) is 368 Å². The van der Waals surface area contributed by atoms with Gasteiger partial charge in [0, 0.05) is 200 Å². The van der Waals surface area contributed by atoms with Crippen LogP contribution in [0.3, 0.4) is 0 Å². The maximum absolute atomic E-state index is 11.3. The molecular weight excluding hydrogens is 1440 g/mol. The van der Waals surface area contributed by atoms with Crippen LogP contribution in [0.5, 0.6) is 0 Å². The molecule has 0 radical (unpaired) electrons. The summed E-state index contributed by atoms with van der Waals surface area (Å²) in [4.78, 5) is 27.7. The molecule has 11 fully saturated rings. The number of nitrogens with one attached hydrogen (secondary N) is 2. The van der Waals surface area contributed by atoms with Crippen LogP contribution in [0.15, 0.2) is 0 Å². The number of piperazine rings is 4. The van der Waals surface area contributed by atoms with Gasteiger partial charge in [0.15, 0.2) is 9.84 Å². The average molecular weight is 1620 g/mol. The highest BCUT2D eigenvalue weighted by Crippen LogP contribution is 2.41. The maximum Gasteiger partial charge on any atom is 0.248 e. The van der Waals surface area contributed by atoms with Crippen LogP contribution in [-0.2, 0) is 34.6 Å². The molecule has 0 unspecified atom stereocenters. The third kappa shape index (κ3) is 38.2. The molecule has 11 aliphatic rings. The van der Waals surface area contributed by atoms with Gasteiger partial charge in [-0.2, -0.15) is 4.31 Å². The minimum absolute atomic E-state index is 0.107. The Hall–Kier alpha value is -1.26. The molecule has 22 nitrogen and oxygen atoms in total. The first-order valence-corrected chi connectivity index (χ1v) is 47.6. The summed E-state index contributed by atoms with van der Waals surface area (Å²) in [6.45, 7) is 108. The molecule has 0 saturated carbocycles. The summed E-state index contributed by atoms with van der Waals surface area (Å²) in [7, 11) is -2.02. The molecule has 2 N–H and O–H groups in total. The van der Waals surface area contributed by atoms with Crippen LogP contribution in [0.4, 0.5) is 0 Å². The summed E-state index contributed by atoms with van der Waals surface area (Å²) in [5, 5.41) is 6.61. The smallest absolute Gasteiger partial charge is 0.248 e. The van der Waals surface area contributed by atoms with Crippen molar-refractivity contribution in [3.8, 4) is 0 Å². The predicted molar refractivity (Wildman–Crippen MR) is 471 cm³/mol. The standard InChI is InChI=1S/C11H24N2.C9H20N2O2S.C9H20N2.C9H17NO.C8H14N2.C8H18N2.2C8H17NO2S.C8H17N.C7H15N/c1-9-7-13(11(3,4)5)8-10(2)12(9)6;1-9(2,3)10-5-7-11(8-6-10)14(4,12)13;1-9(2,3)11-7-5-10(4)6-8-11;1-8(2,3)10-4-9(5-10)6-11-7-9;1-8(2,3)10-5-7(6-10)9-4;1-8(2,3)10-6-4-9-5-7-10;1-8(2,3)7-5-9(6-7)12(4,10)11;1-8(2,3)9-4-6-12(10,11)7-5-9;1-8(2,3)7-5-9(4)6-7;1-7(2,3)6-4-8-5-6/h9-10H,7-8H2,1-6H3;5-8H2,1-4H3;5-8H2,1-4H3;4-7H2,1-3H3;7H,5-6H2,1-3H3;9H,4-7H2,1-3H3;7H,5-6H2,1-4H3;4-7H2,1-3H3;7H,5-6H2,1-4H3;6,8H,4-5H2,1-3H3/t9-,10+;;;;;;;;;. The van der Waals surface area contributed by atoms with Gasteiger partial charge in [0.2, 0.25) is 26.1 Å². The molecule has 11 heterocycles. The zero-order valence-electron chi connectivity index (χ0n) is 78.6. The van der Waals surface area contributed by atoms with Gasteiger partial charge in [0.1, 0.15) is 0 Å². The van der Waals surface area contributed by atoms with Crippen LogP contribution >= 0.6 is 0 Å². The van der Waals surface area contributed by atoms with Gasteiger partial charge >= 0.3 is 0 Å². The zero-order valence-corrected chi connectivity index (χ0v) is 81.0. The van der Waals surface area contributed by atoms with Crippen molar-refractivity contribution < 1.29 is 30.0 Å². The number of nitrogens with zero attached hydrogens (tertiary/aromatic N) is 13. The third-order valence-electron chi connectivity index (χ3n) is 24.4. The molecule has 0 bridgehead atoms. The summed E-state index contributed by atoms with van der Waals surface area (Å²) < 4.78 is 75.0. The molecule has 0 aromatic rings. The highest BCUT2D eigenvalue weighted by molar-refractivity contribution is 7.91. The van der Waals surface area contributed by atoms with E-state index in [-0.39, 0.29) is 28.1 Å². The fraction of sp³-hybridized carbons (Fsp3) is 0.988.